The van der Waals surface area contributed by atoms with Crippen molar-refractivity contribution in [3.8, 4) is 11.5 Å². The molecule has 3 aromatic carbocycles. The molecule has 1 aromatic heterocycles. The van der Waals surface area contributed by atoms with Gasteiger partial charge in [0.2, 0.25) is 5.91 Å². The fourth-order valence-corrected chi connectivity index (χ4v) is 5.28. The molecule has 2 heterocycles. The molecular weight excluding hydrogens is 510 g/mol. The van der Waals surface area contributed by atoms with E-state index >= 15 is 0 Å². The van der Waals surface area contributed by atoms with Crippen LogP contribution in [0.25, 0.3) is 17.0 Å². The van der Waals surface area contributed by atoms with Gasteiger partial charge in [0.15, 0.2) is 11.5 Å². The summed E-state index contributed by atoms with van der Waals surface area (Å²) in [6.07, 6.45) is 6.63. The lowest BCUT2D eigenvalue weighted by Crippen LogP contribution is -2.37. The van der Waals surface area contributed by atoms with Gasteiger partial charge in [-0.25, -0.2) is 0 Å². The number of ether oxygens (including phenoxy) is 2. The quantitative estimate of drug-likeness (QED) is 0.215. The number of benzene rings is 3. The number of amides is 1. The molecule has 2 N–H and O–H groups in total. The van der Waals surface area contributed by atoms with Crippen molar-refractivity contribution in [2.24, 2.45) is 5.92 Å². The monoisotopic (exact) mass is 543 g/mol. The summed E-state index contributed by atoms with van der Waals surface area (Å²) in [7, 11) is 1.62. The second-order valence-corrected chi connectivity index (χ2v) is 10.3. The third kappa shape index (κ3) is 7.22. The Morgan fingerprint density at radius 3 is 2.64 bits per heavy atom. The Bertz CT molecular complexity index is 1410. The van der Waals surface area contributed by atoms with Gasteiger partial charge in [-0.05, 0) is 85.6 Å². The first-order chi connectivity index (χ1) is 19.1. The number of aromatic amines is 1. The molecule has 6 nitrogen and oxygen atoms in total. The normalized spacial score (nSPS) is 14.6. The summed E-state index contributed by atoms with van der Waals surface area (Å²) in [5.41, 5.74) is 3.97. The molecule has 0 aliphatic carbocycles. The lowest BCUT2D eigenvalue weighted by molar-refractivity contribution is -0.111. The maximum Gasteiger partial charge on any atom is 0.248 e. The number of anilines is 1. The van der Waals surface area contributed by atoms with Gasteiger partial charge in [-0.3, -0.25) is 9.69 Å². The third-order valence-corrected chi connectivity index (χ3v) is 7.56. The van der Waals surface area contributed by atoms with Crippen LogP contribution in [-0.2, 0) is 11.2 Å². The summed E-state index contributed by atoms with van der Waals surface area (Å²) in [6, 6.07) is 23.5. The number of rotatable bonds is 10. The average molecular weight is 544 g/mol. The second kappa shape index (κ2) is 12.9. The molecular formula is C32H34ClN3O3. The van der Waals surface area contributed by atoms with E-state index in [-0.39, 0.29) is 5.91 Å². The number of halogens is 1. The molecule has 0 saturated carbocycles. The fraction of sp³-hybridized carbons (Fsp3) is 0.281. The minimum atomic E-state index is -0.249. The second-order valence-electron chi connectivity index (χ2n) is 9.93. The molecule has 0 bridgehead atoms. The molecule has 1 saturated heterocycles. The van der Waals surface area contributed by atoms with E-state index in [1.54, 1.807) is 37.5 Å². The van der Waals surface area contributed by atoms with E-state index in [0.29, 0.717) is 34.7 Å². The number of hydrogen-bond acceptors (Lipinski definition) is 4. The molecule has 7 heteroatoms. The smallest absolute Gasteiger partial charge is 0.248 e. The highest BCUT2D eigenvalue weighted by Gasteiger charge is 2.20. The van der Waals surface area contributed by atoms with E-state index < -0.39 is 0 Å². The number of likely N-dealkylation sites (tertiary alicyclic amines) is 1. The molecule has 202 valence electrons. The van der Waals surface area contributed by atoms with Crippen LogP contribution in [0.1, 0.15) is 24.1 Å². The van der Waals surface area contributed by atoms with Crippen LogP contribution in [-0.4, -0.2) is 49.1 Å². The van der Waals surface area contributed by atoms with Crippen LogP contribution >= 0.6 is 11.6 Å². The number of H-pyrrole nitrogens is 1. The van der Waals surface area contributed by atoms with Gasteiger partial charge >= 0.3 is 0 Å². The van der Waals surface area contributed by atoms with Gasteiger partial charge in [-0.15, -0.1) is 0 Å². The van der Waals surface area contributed by atoms with E-state index in [4.69, 9.17) is 21.1 Å². The molecule has 1 fully saturated rings. The molecule has 0 spiro atoms. The maximum absolute atomic E-state index is 12.4. The largest absolute Gasteiger partial charge is 0.493 e. The van der Waals surface area contributed by atoms with Gasteiger partial charge < -0.3 is 19.8 Å². The summed E-state index contributed by atoms with van der Waals surface area (Å²) >= 11 is 6.16. The Morgan fingerprint density at radius 2 is 1.85 bits per heavy atom. The first kappa shape index (κ1) is 26.9. The zero-order valence-electron chi connectivity index (χ0n) is 22.2. The van der Waals surface area contributed by atoms with Crippen molar-refractivity contribution >= 4 is 40.2 Å². The van der Waals surface area contributed by atoms with Crippen molar-refractivity contribution in [1.82, 2.24) is 9.88 Å². The van der Waals surface area contributed by atoms with Gasteiger partial charge in [-0.1, -0.05) is 48.0 Å². The summed E-state index contributed by atoms with van der Waals surface area (Å²) in [6.45, 7) is 3.53. The predicted molar refractivity (Wildman–Crippen MR) is 159 cm³/mol. The highest BCUT2D eigenvalue weighted by atomic mass is 35.5. The number of carbonyl (C=O) groups excluding carboxylic acids is 1. The number of hydrogen-bond donors (Lipinski definition) is 2. The number of methoxy groups -OCH3 is 1. The highest BCUT2D eigenvalue weighted by Crippen LogP contribution is 2.31. The highest BCUT2D eigenvalue weighted by molar-refractivity contribution is 6.32. The van der Waals surface area contributed by atoms with Crippen molar-refractivity contribution in [3.05, 3.63) is 95.2 Å². The van der Waals surface area contributed by atoms with Crippen molar-refractivity contribution < 1.29 is 14.3 Å². The van der Waals surface area contributed by atoms with Crippen LogP contribution in [0, 0.1) is 5.92 Å². The van der Waals surface area contributed by atoms with Crippen LogP contribution in [0.3, 0.4) is 0 Å². The van der Waals surface area contributed by atoms with Crippen molar-refractivity contribution in [2.45, 2.75) is 19.3 Å². The van der Waals surface area contributed by atoms with Crippen LogP contribution < -0.4 is 14.8 Å². The number of carbonyl (C=O) groups is 1. The minimum Gasteiger partial charge on any atom is -0.493 e. The summed E-state index contributed by atoms with van der Waals surface area (Å²) < 4.78 is 11.6. The maximum atomic E-state index is 12.4. The molecule has 39 heavy (non-hydrogen) atoms. The van der Waals surface area contributed by atoms with E-state index in [1.807, 2.05) is 18.2 Å². The Hall–Kier alpha value is -3.74. The van der Waals surface area contributed by atoms with Crippen LogP contribution in [0.4, 0.5) is 5.69 Å². The van der Waals surface area contributed by atoms with E-state index in [0.717, 1.165) is 31.6 Å². The summed E-state index contributed by atoms with van der Waals surface area (Å²) in [5, 5.41) is 4.76. The molecule has 0 unspecified atom stereocenters. The molecule has 1 aliphatic rings. The Kier molecular flexibility index (Phi) is 8.86. The first-order valence-electron chi connectivity index (χ1n) is 13.4. The Morgan fingerprint density at radius 1 is 1.05 bits per heavy atom. The van der Waals surface area contributed by atoms with Gasteiger partial charge in [0.1, 0.15) is 6.61 Å². The predicted octanol–water partition coefficient (Wildman–Crippen LogP) is 6.82. The van der Waals surface area contributed by atoms with Crippen LogP contribution in [0.2, 0.25) is 5.02 Å². The van der Waals surface area contributed by atoms with Gasteiger partial charge in [0, 0.05) is 40.6 Å². The Balaban J connectivity index is 1.09. The lowest BCUT2D eigenvalue weighted by Gasteiger charge is -2.31. The first-order valence-corrected chi connectivity index (χ1v) is 13.8. The number of aromatic nitrogens is 1. The average Bonchev–Trinajstić information content (AvgIpc) is 3.36. The summed E-state index contributed by atoms with van der Waals surface area (Å²) in [5.74, 6) is 1.69. The van der Waals surface area contributed by atoms with Crippen LogP contribution in [0.5, 0.6) is 11.5 Å². The molecule has 5 rings (SSSR count). The summed E-state index contributed by atoms with van der Waals surface area (Å²) in [4.78, 5) is 18.5. The number of nitrogens with one attached hydrogen (secondary N) is 2. The molecule has 4 aromatic rings. The van der Waals surface area contributed by atoms with E-state index in [2.05, 4.69) is 45.5 Å². The van der Waals surface area contributed by atoms with Gasteiger partial charge in [-0.2, -0.15) is 0 Å². The third-order valence-electron chi connectivity index (χ3n) is 7.22. The minimum absolute atomic E-state index is 0.249. The number of nitrogens with zero attached hydrogens (tertiary/aromatic N) is 1. The number of para-hydroxylation sites is 1. The van der Waals surface area contributed by atoms with E-state index in [9.17, 15) is 4.79 Å². The topological polar surface area (TPSA) is 66.6 Å². The van der Waals surface area contributed by atoms with Crippen molar-refractivity contribution in [1.29, 1.82) is 0 Å². The Labute approximate surface area is 234 Å². The van der Waals surface area contributed by atoms with Gasteiger partial charge in [0.05, 0.1) is 7.11 Å². The number of piperidine rings is 1. The zero-order chi connectivity index (χ0) is 27.0. The van der Waals surface area contributed by atoms with E-state index in [1.165, 1.54) is 35.5 Å². The lowest BCUT2D eigenvalue weighted by atomic mass is 9.92. The molecule has 1 aliphatic heterocycles. The zero-order valence-corrected chi connectivity index (χ0v) is 22.9. The standard InChI is InChI=1S/C32H34ClN3O3/c1-38-30-12-11-26(35-32(37)13-10-24-6-2-4-8-28(24)33)22-31(30)39-19-18-36-16-14-23(15-17-36)20-27-21-25-7-3-5-9-29(25)34-27/h2-13,21-23,34H,14-20H2,1H3,(H,35,37)/b13-10+. The van der Waals surface area contributed by atoms with Crippen molar-refractivity contribution in [3.63, 3.8) is 0 Å². The fourth-order valence-electron chi connectivity index (χ4n) is 5.08. The molecule has 1 amide bonds. The van der Waals surface area contributed by atoms with Gasteiger partial charge in [0.25, 0.3) is 0 Å². The number of fused-ring (bicyclic) bond motifs is 1. The molecule has 0 atom stereocenters. The molecule has 0 radical (unpaired) electrons. The SMILES string of the molecule is COc1ccc(NC(=O)/C=C/c2ccccc2Cl)cc1OCCN1CCC(Cc2cc3ccccc3[nH]2)CC1. The van der Waals surface area contributed by atoms with Crippen LogP contribution in [0.15, 0.2) is 78.9 Å². The van der Waals surface area contributed by atoms with Crippen molar-refractivity contribution in [2.75, 3.05) is 38.7 Å².